The fraction of sp³-hybridized carbons (Fsp3) is 0.375. The van der Waals surface area contributed by atoms with E-state index in [1.807, 2.05) is 13.8 Å². The van der Waals surface area contributed by atoms with Crippen molar-refractivity contribution < 1.29 is 0 Å². The lowest BCUT2D eigenvalue weighted by Crippen LogP contribution is -2.13. The summed E-state index contributed by atoms with van der Waals surface area (Å²) in [5.74, 6) is 0. The maximum absolute atomic E-state index is 10.9. The van der Waals surface area contributed by atoms with Crippen molar-refractivity contribution in [3.8, 4) is 0 Å². The molecule has 0 radical (unpaired) electrons. The van der Waals surface area contributed by atoms with Gasteiger partial charge in [-0.1, -0.05) is 6.92 Å². The molecule has 0 fully saturated rings. The monoisotopic (exact) mass is 154 g/mol. The second kappa shape index (κ2) is 2.78. The van der Waals surface area contributed by atoms with Crippen molar-refractivity contribution in [2.45, 2.75) is 20.3 Å². The third kappa shape index (κ3) is 1.42. The number of H-pyrrole nitrogens is 1. The zero-order chi connectivity index (χ0) is 8.43. The number of hydrogen-bond donors (Lipinski definition) is 2. The maximum Gasteiger partial charge on any atom is 0.271 e. The number of nitrogen functional groups attached to an aromatic ring is 1. The van der Waals surface area contributed by atoms with Gasteiger partial charge in [-0.15, -0.1) is 0 Å². The van der Waals surface area contributed by atoms with E-state index in [2.05, 4.69) is 4.98 Å². The Hall–Kier alpha value is -1.25. The number of aromatic amines is 1. The van der Waals surface area contributed by atoms with Crippen LogP contribution in [0.25, 0.3) is 0 Å². The average molecular weight is 154 g/mol. The molecule has 0 saturated carbocycles. The van der Waals surface area contributed by atoms with Gasteiger partial charge in [-0.25, -0.2) is 0 Å². The first-order valence-electron chi connectivity index (χ1n) is 3.63. The zero-order valence-electron chi connectivity index (χ0n) is 6.77. The second-order valence-electron chi connectivity index (χ2n) is 2.56. The molecule has 0 aliphatic carbocycles. The third-order valence-electron chi connectivity index (χ3n) is 1.76. The summed E-state index contributed by atoms with van der Waals surface area (Å²) in [5, 5.41) is 0. The molecule has 3 nitrogen and oxygen atoms in total. The molecule has 0 spiro atoms. The Balaban J connectivity index is 3.32. The summed E-state index contributed by atoms with van der Waals surface area (Å²) < 4.78 is 0. The number of hydrogen-bond acceptors (Lipinski definition) is 2. The Bertz CT molecular complexity index is 314. The number of nitrogens with two attached hydrogens (primary N) is 1. The van der Waals surface area contributed by atoms with Crippen molar-refractivity contribution >= 4 is 5.69 Å². The van der Waals surface area contributed by atoms with Gasteiger partial charge in [-0.2, -0.15) is 0 Å². The highest BCUT2D eigenvalue weighted by Gasteiger charge is 1.99. The lowest BCUT2D eigenvalue weighted by Gasteiger charge is -2.02. The van der Waals surface area contributed by atoms with Crippen molar-refractivity contribution in [1.82, 2.24) is 4.98 Å². The molecule has 0 atom stereocenters. The van der Waals surface area contributed by atoms with Gasteiger partial charge in [0, 0.05) is 5.69 Å². The van der Waals surface area contributed by atoms with E-state index in [0.29, 0.717) is 5.69 Å². The first-order chi connectivity index (χ1) is 5.15. The molecule has 0 aliphatic rings. The largest absolute Gasteiger partial charge is 0.394 e. The van der Waals surface area contributed by atoms with Crippen LogP contribution in [0, 0.1) is 6.92 Å². The van der Waals surface area contributed by atoms with Crippen LogP contribution < -0.4 is 11.3 Å². The molecule has 1 heterocycles. The van der Waals surface area contributed by atoms with Gasteiger partial charge in [0.05, 0.1) is 5.69 Å². The molecule has 3 N–H and O–H groups in total. The van der Waals surface area contributed by atoms with E-state index in [0.717, 1.165) is 17.7 Å². The molecule has 11 heavy (non-hydrogen) atoms. The number of nitrogens with one attached hydrogen (secondary N) is 1. The zero-order valence-corrected chi connectivity index (χ0v) is 6.77. The summed E-state index contributed by atoms with van der Waals surface area (Å²) in [6.45, 7) is 3.90. The predicted molar refractivity (Wildman–Crippen MR) is 45.6 cm³/mol. The topological polar surface area (TPSA) is 58.9 Å². The second-order valence-corrected chi connectivity index (χ2v) is 2.56. The van der Waals surface area contributed by atoms with Gasteiger partial charge in [0.25, 0.3) is 5.56 Å². The molecule has 60 valence electrons. The highest BCUT2D eigenvalue weighted by Crippen LogP contribution is 2.05. The number of aromatic nitrogens is 1. The van der Waals surface area contributed by atoms with Crippen LogP contribution in [0.1, 0.15) is 18.2 Å². The molecular weight excluding hydrogens is 142 g/mol. The summed E-state index contributed by atoms with van der Waals surface area (Å²) in [7, 11) is 0. The summed E-state index contributed by atoms with van der Waals surface area (Å²) in [6, 6.07) is 1.73. The van der Waals surface area contributed by atoms with Crippen LogP contribution >= 0.6 is 0 Å². The lowest BCUT2D eigenvalue weighted by molar-refractivity contribution is 1.03. The fourth-order valence-electron chi connectivity index (χ4n) is 1.05. The Morgan fingerprint density at radius 3 is 2.82 bits per heavy atom. The van der Waals surface area contributed by atoms with Crippen LogP contribution in [0.2, 0.25) is 0 Å². The SMILES string of the molecule is CCc1[14cH]c(N)c(=O)[nH]c1C. The standard InChI is InChI=1S/C8H12N2O/c1-3-6-4-7(9)8(11)10-5(6)2/h4H,3,9H2,1-2H3,(H,10,11)/i4+2. The fourth-order valence-corrected chi connectivity index (χ4v) is 1.05. The molecule has 1 aromatic rings. The molecule has 0 amide bonds. The van der Waals surface area contributed by atoms with E-state index < -0.39 is 0 Å². The van der Waals surface area contributed by atoms with Gasteiger partial charge in [0.15, 0.2) is 0 Å². The van der Waals surface area contributed by atoms with Gasteiger partial charge >= 0.3 is 0 Å². The smallest absolute Gasteiger partial charge is 0.271 e. The molecule has 0 unspecified atom stereocenters. The molecule has 3 heteroatoms. The van der Waals surface area contributed by atoms with Gasteiger partial charge in [0.2, 0.25) is 0 Å². The Morgan fingerprint density at radius 1 is 1.64 bits per heavy atom. The highest BCUT2D eigenvalue weighted by atomic mass is 16.1. The Morgan fingerprint density at radius 2 is 2.27 bits per heavy atom. The van der Waals surface area contributed by atoms with Gasteiger partial charge in [-0.3, -0.25) is 4.79 Å². The summed E-state index contributed by atoms with van der Waals surface area (Å²) in [6.07, 6.45) is 0.896. The quantitative estimate of drug-likeness (QED) is 0.629. The predicted octanol–water partition coefficient (Wildman–Crippen LogP) is 0.828. The third-order valence-corrected chi connectivity index (χ3v) is 1.76. The van der Waals surface area contributed by atoms with Crippen LogP contribution in [0.4, 0.5) is 5.69 Å². The van der Waals surface area contributed by atoms with E-state index in [9.17, 15) is 4.79 Å². The normalized spacial score (nSPS) is 10.0. The first kappa shape index (κ1) is 7.85. The Kier molecular flexibility index (Phi) is 1.98. The van der Waals surface area contributed by atoms with Crippen LogP contribution in [0.15, 0.2) is 10.9 Å². The van der Waals surface area contributed by atoms with Crippen LogP contribution in [-0.4, -0.2) is 4.98 Å². The van der Waals surface area contributed by atoms with E-state index >= 15 is 0 Å². The molecule has 0 saturated heterocycles. The van der Waals surface area contributed by atoms with Crippen molar-refractivity contribution in [1.29, 1.82) is 0 Å². The molecule has 0 bridgehead atoms. The van der Waals surface area contributed by atoms with Gasteiger partial charge < -0.3 is 10.7 Å². The van der Waals surface area contributed by atoms with E-state index in [1.165, 1.54) is 0 Å². The van der Waals surface area contributed by atoms with Crippen LogP contribution in [-0.2, 0) is 6.42 Å². The molecule has 1 aromatic heterocycles. The van der Waals surface area contributed by atoms with Gasteiger partial charge in [0.1, 0.15) is 0 Å². The minimum absolute atomic E-state index is 0.195. The highest BCUT2D eigenvalue weighted by molar-refractivity contribution is 5.39. The Labute approximate surface area is 65.2 Å². The molecular formula is C8H12N2O. The van der Waals surface area contributed by atoms with Crippen LogP contribution in [0.3, 0.4) is 0 Å². The minimum Gasteiger partial charge on any atom is -0.394 e. The maximum atomic E-state index is 10.9. The first-order valence-corrected chi connectivity index (χ1v) is 3.63. The van der Waals surface area contributed by atoms with E-state index in [4.69, 9.17) is 5.73 Å². The van der Waals surface area contributed by atoms with Crippen molar-refractivity contribution in [2.75, 3.05) is 5.73 Å². The van der Waals surface area contributed by atoms with Crippen LogP contribution in [0.5, 0.6) is 0 Å². The van der Waals surface area contributed by atoms with Crippen molar-refractivity contribution in [3.05, 3.63) is 27.7 Å². The summed E-state index contributed by atoms with van der Waals surface area (Å²) >= 11 is 0. The molecule has 1 rings (SSSR count). The minimum atomic E-state index is -0.195. The number of pyridine rings is 1. The number of anilines is 1. The van der Waals surface area contributed by atoms with Crippen molar-refractivity contribution in [2.24, 2.45) is 0 Å². The van der Waals surface area contributed by atoms with E-state index in [1.54, 1.807) is 6.07 Å². The summed E-state index contributed by atoms with van der Waals surface area (Å²) in [4.78, 5) is 13.6. The summed E-state index contributed by atoms with van der Waals surface area (Å²) in [5.41, 5.74) is 7.53. The number of aryl methyl sites for hydroxylation is 2. The van der Waals surface area contributed by atoms with E-state index in [-0.39, 0.29) is 5.56 Å². The van der Waals surface area contributed by atoms with Gasteiger partial charge in [-0.05, 0) is 25.0 Å². The molecule has 0 aromatic carbocycles. The van der Waals surface area contributed by atoms with Crippen molar-refractivity contribution in [3.63, 3.8) is 0 Å². The number of rotatable bonds is 1. The molecule has 0 aliphatic heterocycles. The average Bonchev–Trinajstić information content (AvgIpc) is 1.97. The lowest BCUT2D eigenvalue weighted by atomic mass is 10.3.